The molecule has 2 atom stereocenters. The van der Waals surface area contributed by atoms with E-state index >= 15 is 0 Å². The number of phenolic OH excluding ortho intramolecular Hbond substituents is 1. The van der Waals surface area contributed by atoms with Crippen LogP contribution < -0.4 is 0 Å². The Labute approximate surface area is 148 Å². The van der Waals surface area contributed by atoms with Gasteiger partial charge in [0.05, 0.1) is 3.57 Å². The van der Waals surface area contributed by atoms with Gasteiger partial charge >= 0.3 is 0 Å². The molecule has 0 aromatic heterocycles. The Bertz CT molecular complexity index is 509. The zero-order chi connectivity index (χ0) is 14.3. The Balaban J connectivity index is 1.78. The average molecular weight is 498 g/mol. The van der Waals surface area contributed by atoms with Crippen LogP contribution in [-0.2, 0) is 6.54 Å². The molecule has 0 saturated carbocycles. The fourth-order valence-corrected chi connectivity index (χ4v) is 5.53. The number of hydrogen-bond donors (Lipinski definition) is 1. The molecule has 1 N–H and O–H groups in total. The highest BCUT2D eigenvalue weighted by atomic mass is 127. The molecular weight excluding hydrogens is 478 g/mol. The summed E-state index contributed by atoms with van der Waals surface area (Å²) in [5, 5.41) is 10.3. The number of hydrogen-bond acceptors (Lipinski definition) is 3. The lowest BCUT2D eigenvalue weighted by Gasteiger charge is -2.43. The molecule has 1 aromatic carbocycles. The van der Waals surface area contributed by atoms with Crippen molar-refractivity contribution in [2.45, 2.75) is 38.4 Å². The van der Waals surface area contributed by atoms with E-state index in [2.05, 4.69) is 68.0 Å². The van der Waals surface area contributed by atoms with Gasteiger partial charge in [0, 0.05) is 40.9 Å². The number of nitrogens with zero attached hydrogens (tertiary/aromatic N) is 2. The van der Waals surface area contributed by atoms with Crippen molar-refractivity contribution in [2.75, 3.05) is 19.6 Å². The molecule has 0 amide bonds. The highest BCUT2D eigenvalue weighted by molar-refractivity contribution is 14.1. The zero-order valence-electron chi connectivity index (χ0n) is 11.6. The third-order valence-electron chi connectivity index (χ3n) is 4.70. The first-order valence-electron chi connectivity index (χ1n) is 7.21. The molecule has 2 saturated heterocycles. The van der Waals surface area contributed by atoms with Crippen LogP contribution >= 0.6 is 45.2 Å². The summed E-state index contributed by atoms with van der Waals surface area (Å²) in [4.78, 5) is 5.17. The van der Waals surface area contributed by atoms with E-state index in [0.717, 1.165) is 22.2 Å². The molecule has 2 aliphatic rings. The molecule has 2 aliphatic heterocycles. The van der Waals surface area contributed by atoms with Crippen molar-refractivity contribution >= 4 is 45.2 Å². The summed E-state index contributed by atoms with van der Waals surface area (Å²) in [5.41, 5.74) is 1.07. The van der Waals surface area contributed by atoms with Crippen molar-refractivity contribution in [1.29, 1.82) is 0 Å². The lowest BCUT2D eigenvalue weighted by atomic mass is 10.0. The average Bonchev–Trinajstić information content (AvgIpc) is 2.87. The minimum Gasteiger partial charge on any atom is -0.507 e. The van der Waals surface area contributed by atoms with E-state index in [1.54, 1.807) is 0 Å². The third kappa shape index (κ3) is 2.96. The molecule has 0 aliphatic carbocycles. The first-order valence-corrected chi connectivity index (χ1v) is 9.37. The second-order valence-electron chi connectivity index (χ2n) is 5.85. The number of rotatable bonds is 2. The topological polar surface area (TPSA) is 26.7 Å². The van der Waals surface area contributed by atoms with Crippen LogP contribution in [0.2, 0.25) is 0 Å². The molecule has 0 spiro atoms. The summed E-state index contributed by atoms with van der Waals surface area (Å²) in [6, 6.07) is 5.44. The fourth-order valence-electron chi connectivity index (χ4n) is 3.56. The van der Waals surface area contributed by atoms with Crippen LogP contribution in [0.4, 0.5) is 0 Å². The molecule has 2 heterocycles. The molecule has 20 heavy (non-hydrogen) atoms. The lowest BCUT2D eigenvalue weighted by Crippen LogP contribution is -2.55. The zero-order valence-corrected chi connectivity index (χ0v) is 16.0. The van der Waals surface area contributed by atoms with Crippen molar-refractivity contribution in [3.63, 3.8) is 0 Å². The molecule has 2 fully saturated rings. The van der Waals surface area contributed by atoms with Crippen molar-refractivity contribution in [2.24, 2.45) is 0 Å². The SMILES string of the molecule is CC1C2CCCN2CCN1Cc1cc(I)cc(I)c1O. The number of halogens is 2. The van der Waals surface area contributed by atoms with E-state index < -0.39 is 0 Å². The summed E-state index contributed by atoms with van der Waals surface area (Å²) < 4.78 is 2.16. The van der Waals surface area contributed by atoms with E-state index in [0.29, 0.717) is 17.8 Å². The van der Waals surface area contributed by atoms with Crippen molar-refractivity contribution in [1.82, 2.24) is 9.80 Å². The van der Waals surface area contributed by atoms with Crippen LogP contribution in [0.25, 0.3) is 0 Å². The van der Waals surface area contributed by atoms with Crippen LogP contribution in [0, 0.1) is 7.14 Å². The minimum absolute atomic E-state index is 0.465. The maximum Gasteiger partial charge on any atom is 0.133 e. The number of phenols is 1. The maximum absolute atomic E-state index is 10.3. The van der Waals surface area contributed by atoms with Crippen molar-refractivity contribution in [3.05, 3.63) is 24.8 Å². The summed E-state index contributed by atoms with van der Waals surface area (Å²) in [5.74, 6) is 0.465. The molecule has 0 radical (unpaired) electrons. The van der Waals surface area contributed by atoms with E-state index in [9.17, 15) is 5.11 Å². The van der Waals surface area contributed by atoms with Crippen molar-refractivity contribution < 1.29 is 5.11 Å². The summed E-state index contributed by atoms with van der Waals surface area (Å²) >= 11 is 4.55. The van der Waals surface area contributed by atoms with Gasteiger partial charge in [-0.25, -0.2) is 0 Å². The predicted octanol–water partition coefficient (Wildman–Crippen LogP) is 3.27. The molecule has 110 valence electrons. The third-order valence-corrected chi connectivity index (χ3v) is 6.15. The molecule has 2 unspecified atom stereocenters. The minimum atomic E-state index is 0.465. The molecule has 3 nitrogen and oxygen atoms in total. The van der Waals surface area contributed by atoms with Crippen LogP contribution in [0.3, 0.4) is 0 Å². The van der Waals surface area contributed by atoms with Gasteiger partial charge in [0.15, 0.2) is 0 Å². The second kappa shape index (κ2) is 6.26. The second-order valence-corrected chi connectivity index (χ2v) is 8.26. The van der Waals surface area contributed by atoms with Gasteiger partial charge < -0.3 is 5.11 Å². The van der Waals surface area contributed by atoms with E-state index in [1.165, 1.54) is 29.5 Å². The largest absolute Gasteiger partial charge is 0.507 e. The van der Waals surface area contributed by atoms with Gasteiger partial charge in [0.25, 0.3) is 0 Å². The Hall–Kier alpha value is 0.400. The first kappa shape index (κ1) is 15.3. The molecule has 1 aromatic rings. The van der Waals surface area contributed by atoms with E-state index in [-0.39, 0.29) is 0 Å². The summed E-state index contributed by atoms with van der Waals surface area (Å²) in [7, 11) is 0. The van der Waals surface area contributed by atoms with Gasteiger partial charge in [-0.1, -0.05) is 0 Å². The molecular formula is C15H20I2N2O. The van der Waals surface area contributed by atoms with E-state index in [1.807, 2.05) is 6.07 Å². The van der Waals surface area contributed by atoms with Gasteiger partial charge in [-0.3, -0.25) is 9.80 Å². The highest BCUT2D eigenvalue weighted by Crippen LogP contribution is 2.31. The quantitative estimate of drug-likeness (QED) is 0.635. The van der Waals surface area contributed by atoms with Gasteiger partial charge in [0.1, 0.15) is 5.75 Å². The van der Waals surface area contributed by atoms with Gasteiger partial charge in [-0.2, -0.15) is 0 Å². The molecule has 3 rings (SSSR count). The van der Waals surface area contributed by atoms with Gasteiger partial charge in [-0.05, 0) is 83.6 Å². The standard InChI is InChI=1S/C15H20I2N2O/c1-10-14-3-2-4-18(14)5-6-19(10)9-11-7-12(16)8-13(17)15(11)20/h7-8,10,14,20H,2-6,9H2,1H3. The fraction of sp³-hybridized carbons (Fsp3) is 0.600. The van der Waals surface area contributed by atoms with Gasteiger partial charge in [-0.15, -0.1) is 0 Å². The number of aromatic hydroxyl groups is 1. The summed E-state index contributed by atoms with van der Waals surface area (Å²) in [6.07, 6.45) is 2.67. The van der Waals surface area contributed by atoms with Gasteiger partial charge in [0.2, 0.25) is 0 Å². The first-order chi connectivity index (χ1) is 9.56. The lowest BCUT2D eigenvalue weighted by molar-refractivity contribution is 0.0465. The maximum atomic E-state index is 10.3. The smallest absolute Gasteiger partial charge is 0.133 e. The monoisotopic (exact) mass is 498 g/mol. The Kier molecular flexibility index (Phi) is 4.79. The normalized spacial score (nSPS) is 27.8. The number of benzene rings is 1. The van der Waals surface area contributed by atoms with Crippen LogP contribution in [0.15, 0.2) is 12.1 Å². The number of fused-ring (bicyclic) bond motifs is 1. The van der Waals surface area contributed by atoms with Crippen molar-refractivity contribution in [3.8, 4) is 5.75 Å². The Morgan fingerprint density at radius 3 is 2.85 bits per heavy atom. The van der Waals surface area contributed by atoms with Crippen LogP contribution in [-0.4, -0.2) is 46.6 Å². The van der Waals surface area contributed by atoms with E-state index in [4.69, 9.17) is 0 Å². The molecule has 0 bridgehead atoms. The predicted molar refractivity (Wildman–Crippen MR) is 98.0 cm³/mol. The number of piperazine rings is 1. The highest BCUT2D eigenvalue weighted by Gasteiger charge is 2.36. The Morgan fingerprint density at radius 1 is 1.25 bits per heavy atom. The van der Waals surface area contributed by atoms with Crippen LogP contribution in [0.5, 0.6) is 5.75 Å². The summed E-state index contributed by atoms with van der Waals surface area (Å²) in [6.45, 7) is 6.77. The Morgan fingerprint density at radius 2 is 2.05 bits per heavy atom. The van der Waals surface area contributed by atoms with Crippen LogP contribution in [0.1, 0.15) is 25.3 Å². The molecule has 5 heteroatoms.